The number of benzene rings is 1. The van der Waals surface area contributed by atoms with E-state index in [0.29, 0.717) is 19.1 Å². The highest BCUT2D eigenvalue weighted by Crippen LogP contribution is 2.16. The topological polar surface area (TPSA) is 46.1 Å². The number of nitrogens with zero attached hydrogens (tertiary/aromatic N) is 2. The fourth-order valence-corrected chi connectivity index (χ4v) is 2.90. The van der Waals surface area contributed by atoms with Crippen LogP contribution in [-0.4, -0.2) is 64.5 Å². The molecule has 0 saturated carbocycles. The molecule has 0 aromatic heterocycles. The van der Waals surface area contributed by atoms with Gasteiger partial charge in [0.15, 0.2) is 5.96 Å². The zero-order chi connectivity index (χ0) is 17.2. The molecule has 1 N–H and O–H groups in total. The zero-order valence-electron chi connectivity index (χ0n) is 14.6. The SMILES string of the molecule is CN=C(NCCc1cccc(F)c1)N1CCC(COCCOC)C1. The molecule has 1 aromatic rings. The van der Waals surface area contributed by atoms with Crippen LogP contribution >= 0.6 is 0 Å². The van der Waals surface area contributed by atoms with Crippen molar-refractivity contribution in [3.63, 3.8) is 0 Å². The van der Waals surface area contributed by atoms with E-state index in [1.54, 1.807) is 26.3 Å². The number of methoxy groups -OCH3 is 1. The van der Waals surface area contributed by atoms with E-state index in [1.807, 2.05) is 6.07 Å². The molecular formula is C18H28FN3O2. The van der Waals surface area contributed by atoms with Crippen LogP contribution in [-0.2, 0) is 15.9 Å². The molecule has 5 nitrogen and oxygen atoms in total. The van der Waals surface area contributed by atoms with Crippen LogP contribution in [0.5, 0.6) is 0 Å². The molecule has 134 valence electrons. The highest BCUT2D eigenvalue weighted by Gasteiger charge is 2.24. The van der Waals surface area contributed by atoms with Gasteiger partial charge < -0.3 is 19.7 Å². The minimum atomic E-state index is -0.187. The fourth-order valence-electron chi connectivity index (χ4n) is 2.90. The first-order chi connectivity index (χ1) is 11.7. The van der Waals surface area contributed by atoms with Gasteiger partial charge in [0.25, 0.3) is 0 Å². The Balaban J connectivity index is 1.70. The summed E-state index contributed by atoms with van der Waals surface area (Å²) in [6.07, 6.45) is 1.88. The molecule has 0 bridgehead atoms. The first-order valence-electron chi connectivity index (χ1n) is 8.49. The average Bonchev–Trinajstić information content (AvgIpc) is 3.04. The molecule has 0 aliphatic carbocycles. The fraction of sp³-hybridized carbons (Fsp3) is 0.611. The van der Waals surface area contributed by atoms with E-state index in [0.717, 1.165) is 50.6 Å². The third kappa shape index (κ3) is 6.09. The number of likely N-dealkylation sites (tertiary alicyclic amines) is 1. The Labute approximate surface area is 143 Å². The summed E-state index contributed by atoms with van der Waals surface area (Å²) in [5.41, 5.74) is 0.990. The summed E-state index contributed by atoms with van der Waals surface area (Å²) in [4.78, 5) is 6.62. The normalized spacial score (nSPS) is 18.2. The average molecular weight is 337 g/mol. The second-order valence-corrected chi connectivity index (χ2v) is 6.02. The molecule has 2 rings (SSSR count). The maximum atomic E-state index is 13.2. The van der Waals surface area contributed by atoms with Crippen molar-refractivity contribution in [2.75, 3.05) is 53.6 Å². The lowest BCUT2D eigenvalue weighted by Gasteiger charge is -2.21. The first kappa shape index (κ1) is 18.7. The summed E-state index contributed by atoms with van der Waals surface area (Å²) >= 11 is 0. The molecule has 1 saturated heterocycles. The van der Waals surface area contributed by atoms with Crippen LogP contribution in [0, 0.1) is 11.7 Å². The van der Waals surface area contributed by atoms with Gasteiger partial charge in [0, 0.05) is 39.7 Å². The Hall–Kier alpha value is -1.66. The predicted molar refractivity (Wildman–Crippen MR) is 93.8 cm³/mol. The van der Waals surface area contributed by atoms with Gasteiger partial charge in [-0.1, -0.05) is 12.1 Å². The van der Waals surface area contributed by atoms with Gasteiger partial charge in [0.05, 0.1) is 19.8 Å². The van der Waals surface area contributed by atoms with E-state index in [-0.39, 0.29) is 5.82 Å². The third-order valence-corrected chi connectivity index (χ3v) is 4.17. The van der Waals surface area contributed by atoms with Crippen molar-refractivity contribution in [1.82, 2.24) is 10.2 Å². The summed E-state index contributed by atoms with van der Waals surface area (Å²) < 4.78 is 23.8. The number of hydrogen-bond acceptors (Lipinski definition) is 3. The van der Waals surface area contributed by atoms with Crippen molar-refractivity contribution < 1.29 is 13.9 Å². The molecule has 0 radical (unpaired) electrons. The van der Waals surface area contributed by atoms with Gasteiger partial charge in [-0.05, 0) is 30.5 Å². The largest absolute Gasteiger partial charge is 0.382 e. The smallest absolute Gasteiger partial charge is 0.193 e. The lowest BCUT2D eigenvalue weighted by molar-refractivity contribution is 0.0536. The summed E-state index contributed by atoms with van der Waals surface area (Å²) in [5.74, 6) is 1.25. The molecule has 1 heterocycles. The highest BCUT2D eigenvalue weighted by atomic mass is 19.1. The van der Waals surface area contributed by atoms with Crippen LogP contribution in [0.25, 0.3) is 0 Å². The molecule has 1 atom stereocenters. The van der Waals surface area contributed by atoms with Crippen LogP contribution in [0.1, 0.15) is 12.0 Å². The molecule has 24 heavy (non-hydrogen) atoms. The van der Waals surface area contributed by atoms with Crippen LogP contribution < -0.4 is 5.32 Å². The number of ether oxygens (including phenoxy) is 2. The minimum absolute atomic E-state index is 0.187. The second-order valence-electron chi connectivity index (χ2n) is 6.02. The predicted octanol–water partition coefficient (Wildman–Crippen LogP) is 1.93. The highest BCUT2D eigenvalue weighted by molar-refractivity contribution is 5.80. The lowest BCUT2D eigenvalue weighted by Crippen LogP contribution is -2.41. The quantitative estimate of drug-likeness (QED) is 0.447. The van der Waals surface area contributed by atoms with Gasteiger partial charge in [-0.3, -0.25) is 4.99 Å². The standard InChI is InChI=1S/C18H28FN3O2/c1-20-18(21-8-6-15-4-3-5-17(19)12-15)22-9-7-16(13-22)14-24-11-10-23-2/h3-5,12,16H,6-11,13-14H2,1-2H3,(H,20,21). The van der Waals surface area contributed by atoms with Crippen LogP contribution in [0.2, 0.25) is 0 Å². The van der Waals surface area contributed by atoms with E-state index in [1.165, 1.54) is 6.07 Å². The minimum Gasteiger partial charge on any atom is -0.382 e. The maximum absolute atomic E-state index is 13.2. The first-order valence-corrected chi connectivity index (χ1v) is 8.49. The van der Waals surface area contributed by atoms with Crippen molar-refractivity contribution in [2.24, 2.45) is 10.9 Å². The van der Waals surface area contributed by atoms with Gasteiger partial charge in [0.1, 0.15) is 5.82 Å². The molecule has 1 fully saturated rings. The Kier molecular flexibility index (Phi) is 7.98. The Morgan fingerprint density at radius 3 is 3.04 bits per heavy atom. The van der Waals surface area contributed by atoms with Gasteiger partial charge >= 0.3 is 0 Å². The van der Waals surface area contributed by atoms with Crippen LogP contribution in [0.15, 0.2) is 29.3 Å². The molecule has 1 aliphatic heterocycles. The number of guanidine groups is 1. The molecule has 1 unspecified atom stereocenters. The van der Waals surface area contributed by atoms with Crippen molar-refractivity contribution in [3.05, 3.63) is 35.6 Å². The number of aliphatic imine (C=N–C) groups is 1. The second kappa shape index (κ2) is 10.3. The summed E-state index contributed by atoms with van der Waals surface area (Å²) in [5, 5.41) is 3.37. The molecule has 6 heteroatoms. The Bertz CT molecular complexity index is 525. The molecular weight excluding hydrogens is 309 g/mol. The molecule has 1 aliphatic rings. The van der Waals surface area contributed by atoms with Crippen molar-refractivity contribution in [1.29, 1.82) is 0 Å². The van der Waals surface area contributed by atoms with Crippen LogP contribution in [0.4, 0.5) is 4.39 Å². The lowest BCUT2D eigenvalue weighted by atomic mass is 10.1. The summed E-state index contributed by atoms with van der Waals surface area (Å²) in [6, 6.07) is 6.73. The van der Waals surface area contributed by atoms with E-state index in [2.05, 4.69) is 15.2 Å². The number of rotatable bonds is 8. The van der Waals surface area contributed by atoms with Crippen molar-refractivity contribution in [2.45, 2.75) is 12.8 Å². The van der Waals surface area contributed by atoms with Gasteiger partial charge in [-0.2, -0.15) is 0 Å². The van der Waals surface area contributed by atoms with Crippen molar-refractivity contribution in [3.8, 4) is 0 Å². The maximum Gasteiger partial charge on any atom is 0.193 e. The molecule has 0 spiro atoms. The van der Waals surface area contributed by atoms with Crippen LogP contribution in [0.3, 0.4) is 0 Å². The van der Waals surface area contributed by atoms with Gasteiger partial charge in [0.2, 0.25) is 0 Å². The van der Waals surface area contributed by atoms with E-state index < -0.39 is 0 Å². The number of halogens is 1. The van der Waals surface area contributed by atoms with E-state index in [4.69, 9.17) is 9.47 Å². The Morgan fingerprint density at radius 2 is 2.29 bits per heavy atom. The Morgan fingerprint density at radius 1 is 1.42 bits per heavy atom. The van der Waals surface area contributed by atoms with Gasteiger partial charge in [-0.15, -0.1) is 0 Å². The van der Waals surface area contributed by atoms with Gasteiger partial charge in [-0.25, -0.2) is 4.39 Å². The summed E-state index contributed by atoms with van der Waals surface area (Å²) in [6.45, 7) is 4.72. The molecule has 1 aromatic carbocycles. The van der Waals surface area contributed by atoms with Crippen molar-refractivity contribution >= 4 is 5.96 Å². The molecule has 0 amide bonds. The van der Waals surface area contributed by atoms with E-state index in [9.17, 15) is 4.39 Å². The monoisotopic (exact) mass is 337 g/mol. The number of hydrogen-bond donors (Lipinski definition) is 1. The van der Waals surface area contributed by atoms with E-state index >= 15 is 0 Å². The zero-order valence-corrected chi connectivity index (χ0v) is 14.6. The summed E-state index contributed by atoms with van der Waals surface area (Å²) in [7, 11) is 3.48. The third-order valence-electron chi connectivity index (χ3n) is 4.17. The number of nitrogens with one attached hydrogen (secondary N) is 1.